The van der Waals surface area contributed by atoms with Crippen molar-refractivity contribution in [3.05, 3.63) is 29.8 Å². The zero-order chi connectivity index (χ0) is 13.8. The molecule has 0 amide bonds. The number of benzene rings is 1. The van der Waals surface area contributed by atoms with Crippen LogP contribution in [0.2, 0.25) is 0 Å². The Morgan fingerprint density at radius 2 is 1.79 bits per heavy atom. The summed E-state index contributed by atoms with van der Waals surface area (Å²) in [6, 6.07) is 8.33. The molecule has 0 bridgehead atoms. The summed E-state index contributed by atoms with van der Waals surface area (Å²) in [5.74, 6) is 0.836. The molecule has 106 valence electrons. The van der Waals surface area contributed by atoms with Crippen molar-refractivity contribution in [2.75, 3.05) is 38.6 Å². The molecule has 0 spiro atoms. The van der Waals surface area contributed by atoms with E-state index in [-0.39, 0.29) is 6.10 Å². The maximum atomic E-state index is 9.53. The smallest absolute Gasteiger partial charge is 0.0761 e. The van der Waals surface area contributed by atoms with Crippen LogP contribution in [0.25, 0.3) is 0 Å². The van der Waals surface area contributed by atoms with E-state index in [4.69, 9.17) is 0 Å². The molecule has 1 unspecified atom stereocenters. The van der Waals surface area contributed by atoms with E-state index in [9.17, 15) is 5.11 Å². The molecule has 0 aromatic heterocycles. The molecule has 1 aliphatic heterocycles. The zero-order valence-corrected chi connectivity index (χ0v) is 12.3. The van der Waals surface area contributed by atoms with Crippen LogP contribution in [-0.2, 0) is 0 Å². The first kappa shape index (κ1) is 14.4. The third-order valence-electron chi connectivity index (χ3n) is 3.98. The molecule has 3 nitrogen and oxygen atoms in total. The van der Waals surface area contributed by atoms with Crippen LogP contribution in [0.3, 0.4) is 0 Å². The lowest BCUT2D eigenvalue weighted by Gasteiger charge is -2.34. The van der Waals surface area contributed by atoms with Crippen molar-refractivity contribution in [3.8, 4) is 0 Å². The lowest BCUT2D eigenvalue weighted by atomic mass is 9.96. The van der Waals surface area contributed by atoms with Crippen LogP contribution in [0.4, 0.5) is 5.69 Å². The summed E-state index contributed by atoms with van der Waals surface area (Å²) in [7, 11) is 4.31. The van der Waals surface area contributed by atoms with Crippen LogP contribution in [0, 0.1) is 5.92 Å². The quantitative estimate of drug-likeness (QED) is 0.903. The minimum atomic E-state index is -0.375. The summed E-state index contributed by atoms with van der Waals surface area (Å²) in [6.07, 6.45) is 2.17. The normalized spacial score (nSPS) is 18.9. The Bertz CT molecular complexity index is 378. The van der Waals surface area contributed by atoms with Crippen molar-refractivity contribution in [1.82, 2.24) is 4.90 Å². The highest BCUT2D eigenvalue weighted by Crippen LogP contribution is 2.25. The fourth-order valence-corrected chi connectivity index (χ4v) is 2.85. The van der Waals surface area contributed by atoms with E-state index >= 15 is 0 Å². The van der Waals surface area contributed by atoms with Gasteiger partial charge in [0.25, 0.3) is 0 Å². The van der Waals surface area contributed by atoms with Crippen LogP contribution >= 0.6 is 0 Å². The fourth-order valence-electron chi connectivity index (χ4n) is 2.85. The first-order valence-electron chi connectivity index (χ1n) is 7.24. The molecule has 2 rings (SSSR count). The highest BCUT2D eigenvalue weighted by atomic mass is 16.3. The highest BCUT2D eigenvalue weighted by Gasteiger charge is 2.19. The first-order valence-corrected chi connectivity index (χ1v) is 7.24. The minimum Gasteiger partial charge on any atom is -0.389 e. The lowest BCUT2D eigenvalue weighted by Crippen LogP contribution is -2.37. The molecule has 1 atom stereocenters. The second-order valence-corrected chi connectivity index (χ2v) is 5.96. The van der Waals surface area contributed by atoms with Gasteiger partial charge >= 0.3 is 0 Å². The lowest BCUT2D eigenvalue weighted by molar-refractivity contribution is 0.199. The summed E-state index contributed by atoms with van der Waals surface area (Å²) < 4.78 is 0. The monoisotopic (exact) mass is 262 g/mol. The Morgan fingerprint density at radius 3 is 2.26 bits per heavy atom. The number of nitrogens with zero attached hydrogens (tertiary/aromatic N) is 2. The standard InChI is InChI=1S/C16H26N2O/c1-13(19)15-4-6-16(7-5-15)18-10-8-14(9-11-18)12-17(2)3/h4-7,13-14,19H,8-12H2,1-3H3. The van der Waals surface area contributed by atoms with E-state index in [0.717, 1.165) is 24.6 Å². The molecule has 1 aromatic carbocycles. The van der Waals surface area contributed by atoms with Crippen molar-refractivity contribution in [3.63, 3.8) is 0 Å². The predicted molar refractivity (Wildman–Crippen MR) is 80.6 cm³/mol. The summed E-state index contributed by atoms with van der Waals surface area (Å²) in [5.41, 5.74) is 2.28. The van der Waals surface area contributed by atoms with Gasteiger partial charge < -0.3 is 14.9 Å². The Labute approximate surface area is 116 Å². The van der Waals surface area contributed by atoms with Gasteiger partial charge in [0.2, 0.25) is 0 Å². The molecule has 0 saturated carbocycles. The Hall–Kier alpha value is -1.06. The SMILES string of the molecule is CC(O)c1ccc(N2CCC(CN(C)C)CC2)cc1. The van der Waals surface area contributed by atoms with Gasteiger partial charge in [-0.3, -0.25) is 0 Å². The topological polar surface area (TPSA) is 26.7 Å². The van der Waals surface area contributed by atoms with Crippen molar-refractivity contribution in [2.45, 2.75) is 25.9 Å². The van der Waals surface area contributed by atoms with Gasteiger partial charge in [-0.1, -0.05) is 12.1 Å². The molecular weight excluding hydrogens is 236 g/mol. The van der Waals surface area contributed by atoms with Crippen LogP contribution in [0.5, 0.6) is 0 Å². The second-order valence-electron chi connectivity index (χ2n) is 5.96. The Morgan fingerprint density at radius 1 is 1.21 bits per heavy atom. The van der Waals surface area contributed by atoms with E-state index in [1.54, 1.807) is 0 Å². The number of piperidine rings is 1. The van der Waals surface area contributed by atoms with Crippen molar-refractivity contribution >= 4 is 5.69 Å². The average Bonchev–Trinajstić information content (AvgIpc) is 2.39. The average molecular weight is 262 g/mol. The van der Waals surface area contributed by atoms with Crippen LogP contribution < -0.4 is 4.90 Å². The second kappa shape index (κ2) is 6.40. The maximum Gasteiger partial charge on any atom is 0.0761 e. The van der Waals surface area contributed by atoms with Gasteiger partial charge in [0.05, 0.1) is 6.10 Å². The molecule has 1 aliphatic rings. The zero-order valence-electron chi connectivity index (χ0n) is 12.3. The molecule has 1 heterocycles. The number of rotatable bonds is 4. The van der Waals surface area contributed by atoms with Crippen LogP contribution in [-0.4, -0.2) is 43.7 Å². The molecule has 1 fully saturated rings. The van der Waals surface area contributed by atoms with Gasteiger partial charge in [-0.25, -0.2) is 0 Å². The molecule has 1 aromatic rings. The molecule has 19 heavy (non-hydrogen) atoms. The summed E-state index contributed by atoms with van der Waals surface area (Å²) in [5, 5.41) is 9.53. The van der Waals surface area contributed by atoms with Crippen LogP contribution in [0.1, 0.15) is 31.4 Å². The van der Waals surface area contributed by atoms with Gasteiger partial charge in [-0.2, -0.15) is 0 Å². The summed E-state index contributed by atoms with van der Waals surface area (Å²) in [6.45, 7) is 5.30. The molecular formula is C16H26N2O. The summed E-state index contributed by atoms with van der Waals surface area (Å²) in [4.78, 5) is 4.75. The number of hydrogen-bond donors (Lipinski definition) is 1. The van der Waals surface area contributed by atoms with Crippen molar-refractivity contribution in [2.24, 2.45) is 5.92 Å². The third-order valence-corrected chi connectivity index (χ3v) is 3.98. The number of aliphatic hydroxyl groups is 1. The van der Waals surface area contributed by atoms with E-state index in [0.29, 0.717) is 0 Å². The molecule has 1 saturated heterocycles. The number of aliphatic hydroxyl groups excluding tert-OH is 1. The fraction of sp³-hybridized carbons (Fsp3) is 0.625. The van der Waals surface area contributed by atoms with Crippen molar-refractivity contribution < 1.29 is 5.11 Å². The van der Waals surface area contributed by atoms with Gasteiger partial charge in [-0.15, -0.1) is 0 Å². The largest absolute Gasteiger partial charge is 0.389 e. The Kier molecular flexibility index (Phi) is 4.83. The van der Waals surface area contributed by atoms with Crippen molar-refractivity contribution in [1.29, 1.82) is 0 Å². The molecule has 1 N–H and O–H groups in total. The third kappa shape index (κ3) is 3.95. The van der Waals surface area contributed by atoms with Gasteiger partial charge in [0.15, 0.2) is 0 Å². The number of hydrogen-bond acceptors (Lipinski definition) is 3. The van der Waals surface area contributed by atoms with Gasteiger partial charge in [0.1, 0.15) is 0 Å². The highest BCUT2D eigenvalue weighted by molar-refractivity contribution is 5.48. The van der Waals surface area contributed by atoms with E-state index < -0.39 is 0 Å². The van der Waals surface area contributed by atoms with Gasteiger partial charge in [0, 0.05) is 25.3 Å². The predicted octanol–water partition coefficient (Wildman–Crippen LogP) is 2.52. The Balaban J connectivity index is 1.90. The number of anilines is 1. The molecule has 0 radical (unpaired) electrons. The minimum absolute atomic E-state index is 0.375. The first-order chi connectivity index (χ1) is 9.06. The maximum absolute atomic E-state index is 9.53. The molecule has 3 heteroatoms. The van der Waals surface area contributed by atoms with Gasteiger partial charge in [-0.05, 0) is 57.5 Å². The van der Waals surface area contributed by atoms with E-state index in [1.165, 1.54) is 25.1 Å². The molecule has 0 aliphatic carbocycles. The van der Waals surface area contributed by atoms with E-state index in [2.05, 4.69) is 36.0 Å². The van der Waals surface area contributed by atoms with Crippen LogP contribution in [0.15, 0.2) is 24.3 Å². The van der Waals surface area contributed by atoms with E-state index in [1.807, 2.05) is 19.1 Å². The summed E-state index contributed by atoms with van der Waals surface area (Å²) >= 11 is 0.